The highest BCUT2D eigenvalue weighted by Crippen LogP contribution is 2.49. The molecule has 9 atom stereocenters. The Morgan fingerprint density at radius 3 is 2.32 bits per heavy atom. The van der Waals surface area contributed by atoms with E-state index in [1.807, 2.05) is 24.3 Å². The van der Waals surface area contributed by atoms with Crippen LogP contribution in [0.15, 0.2) is 71.8 Å². The number of phenolic OH excluding ortho intramolecular Hbond substituents is 1. The van der Waals surface area contributed by atoms with Crippen molar-refractivity contribution < 1.29 is 63.0 Å². The third-order valence-electron chi connectivity index (χ3n) is 12.8. The van der Waals surface area contributed by atoms with Crippen molar-refractivity contribution in [2.75, 3.05) is 33.4 Å². The molecule has 5 N–H and O–H groups in total. The first-order valence-corrected chi connectivity index (χ1v) is 23.1. The molecule has 0 saturated carbocycles. The average Bonchev–Trinajstić information content (AvgIpc) is 3.56. The van der Waals surface area contributed by atoms with E-state index in [4.69, 9.17) is 23.7 Å². The number of nitrogens with zero attached hydrogens (tertiary/aromatic N) is 1. The summed E-state index contributed by atoms with van der Waals surface area (Å²) in [6.07, 6.45) is 2.45. The van der Waals surface area contributed by atoms with Crippen molar-refractivity contribution in [3.8, 4) is 11.5 Å². The lowest BCUT2D eigenvalue weighted by molar-refractivity contribution is -0.116. The van der Waals surface area contributed by atoms with Gasteiger partial charge in [0.25, 0.3) is 11.7 Å². The molecule has 0 spiro atoms. The Kier molecular flexibility index (Phi) is 15.7. The SMILES string of the molecule is CO[C@H]1/C=C/O[C@@]2(C)Oc3c(C)c(O)c4c(c3C2=O)C(=O)C(N2CCOCC2)=C(NC(=O)/C(C)=C\C=C\[C@H](C)[C@H](O)[C@@H](C)[C@@H](O)[C@@H](C)[C@H](OC(=O)NCc2cccc(CI)c2)[C@@H]1C)C4=O. The zero-order valence-corrected chi connectivity index (χ0v) is 40.0. The number of ketones is 3. The van der Waals surface area contributed by atoms with Gasteiger partial charge >= 0.3 is 11.9 Å². The number of halogens is 1. The maximum absolute atomic E-state index is 14.8. The van der Waals surface area contributed by atoms with Gasteiger partial charge in [-0.15, -0.1) is 0 Å². The summed E-state index contributed by atoms with van der Waals surface area (Å²) in [6.45, 7) is 12.2. The number of ether oxygens (including phenoxy) is 5. The summed E-state index contributed by atoms with van der Waals surface area (Å²) in [5, 5.41) is 40.4. The second kappa shape index (κ2) is 20.6. The number of morpholine rings is 1. The van der Waals surface area contributed by atoms with E-state index in [1.165, 1.54) is 46.3 Å². The van der Waals surface area contributed by atoms with Gasteiger partial charge in [0, 0.05) is 72.9 Å². The van der Waals surface area contributed by atoms with Gasteiger partial charge in [-0.05, 0) is 31.1 Å². The Morgan fingerprint density at radius 2 is 1.65 bits per heavy atom. The molecule has 350 valence electrons. The van der Waals surface area contributed by atoms with Gasteiger partial charge in [-0.3, -0.25) is 19.2 Å². The highest BCUT2D eigenvalue weighted by Gasteiger charge is 2.53. The van der Waals surface area contributed by atoms with E-state index in [0.717, 1.165) is 15.6 Å². The lowest BCUT2D eigenvalue weighted by Gasteiger charge is -2.38. The number of nitrogens with one attached hydrogen (secondary N) is 2. The van der Waals surface area contributed by atoms with Crippen LogP contribution in [0.3, 0.4) is 0 Å². The Morgan fingerprint density at radius 1 is 0.954 bits per heavy atom. The van der Waals surface area contributed by atoms with E-state index in [-0.39, 0.29) is 72.3 Å². The quantitative estimate of drug-likeness (QED) is 0.176. The number of alkyl carbamates (subject to hydrolysis) is 1. The number of methoxy groups -OCH3 is 1. The van der Waals surface area contributed by atoms with Gasteiger partial charge in [-0.2, -0.15) is 0 Å². The minimum absolute atomic E-state index is 0.00534. The van der Waals surface area contributed by atoms with E-state index in [1.54, 1.807) is 44.7 Å². The van der Waals surface area contributed by atoms with E-state index in [9.17, 15) is 39.3 Å². The number of carbonyl (C=O) groups is 5. The third-order valence-corrected chi connectivity index (χ3v) is 13.7. The molecule has 2 amide bonds. The topological polar surface area (TPSA) is 219 Å². The predicted octanol–water partition coefficient (Wildman–Crippen LogP) is 5.59. The molecule has 4 aliphatic heterocycles. The molecule has 4 heterocycles. The zero-order valence-electron chi connectivity index (χ0n) is 37.8. The summed E-state index contributed by atoms with van der Waals surface area (Å²) in [5.41, 5.74) is 0.440. The van der Waals surface area contributed by atoms with E-state index < -0.39 is 94.5 Å². The number of hydrogen-bond donors (Lipinski definition) is 5. The molecule has 1 saturated heterocycles. The Hall–Kier alpha value is -5.08. The summed E-state index contributed by atoms with van der Waals surface area (Å²) in [6, 6.07) is 7.76. The second-order valence-electron chi connectivity index (χ2n) is 17.2. The molecule has 0 unspecified atom stereocenters. The minimum atomic E-state index is -2.10. The van der Waals surface area contributed by atoms with Crippen LogP contribution in [-0.4, -0.2) is 113 Å². The van der Waals surface area contributed by atoms with Gasteiger partial charge in [-0.1, -0.05) is 92.8 Å². The fourth-order valence-electron chi connectivity index (χ4n) is 8.74. The van der Waals surface area contributed by atoms with Crippen molar-refractivity contribution in [3.05, 3.63) is 105 Å². The lowest BCUT2D eigenvalue weighted by Crippen LogP contribution is -2.47. The lowest BCUT2D eigenvalue weighted by atomic mass is 9.78. The number of rotatable bonds is 6. The fourth-order valence-corrected chi connectivity index (χ4v) is 9.21. The number of aliphatic hydroxyl groups excluding tert-OH is 2. The third kappa shape index (κ3) is 10.0. The van der Waals surface area contributed by atoms with E-state index in [2.05, 4.69) is 33.2 Å². The molecule has 2 aromatic rings. The van der Waals surface area contributed by atoms with Crippen molar-refractivity contribution in [2.24, 2.45) is 23.7 Å². The number of fused-ring (bicyclic) bond motifs is 14. The summed E-state index contributed by atoms with van der Waals surface area (Å²) in [5.74, 6) is -8.82. The maximum atomic E-state index is 14.8. The number of phenols is 1. The van der Waals surface area contributed by atoms with Gasteiger partial charge in [0.2, 0.25) is 11.6 Å². The largest absolute Gasteiger partial charge is 0.507 e. The van der Waals surface area contributed by atoms with Gasteiger partial charge < -0.3 is 54.5 Å². The molecule has 1 fully saturated rings. The van der Waals surface area contributed by atoms with Gasteiger partial charge in [0.05, 0.1) is 54.5 Å². The smallest absolute Gasteiger partial charge is 0.407 e. The molecule has 17 heteroatoms. The number of benzene rings is 2. The van der Waals surface area contributed by atoms with Gasteiger partial charge in [-0.25, -0.2) is 4.79 Å². The number of aromatic hydroxyl groups is 1. The predicted molar refractivity (Wildman–Crippen MR) is 246 cm³/mol. The Labute approximate surface area is 392 Å². The molecular formula is C48H58IN3O13. The molecule has 0 aromatic heterocycles. The van der Waals surface area contributed by atoms with E-state index >= 15 is 0 Å². The monoisotopic (exact) mass is 1010 g/mol. The maximum Gasteiger partial charge on any atom is 0.407 e. The highest BCUT2D eigenvalue weighted by molar-refractivity contribution is 14.1. The number of aliphatic hydroxyl groups is 2. The normalized spacial score (nSPS) is 30.8. The number of carbonyl (C=O) groups excluding carboxylic acids is 5. The summed E-state index contributed by atoms with van der Waals surface area (Å²) in [7, 11) is 1.43. The van der Waals surface area contributed by atoms with Crippen LogP contribution in [0.1, 0.15) is 89.3 Å². The molecular weight excluding hydrogens is 953 g/mol. The number of alkyl halides is 1. The van der Waals surface area contributed by atoms with Crippen molar-refractivity contribution >= 4 is 51.9 Å². The molecule has 2 aromatic carbocycles. The summed E-state index contributed by atoms with van der Waals surface area (Å²) in [4.78, 5) is 72.7. The summed E-state index contributed by atoms with van der Waals surface area (Å²) < 4.78 is 30.4. The molecule has 16 nitrogen and oxygen atoms in total. The highest BCUT2D eigenvalue weighted by atomic mass is 127. The fraction of sp³-hybridized carbons (Fsp3) is 0.479. The molecule has 1 aliphatic carbocycles. The molecule has 5 aliphatic rings. The molecule has 65 heavy (non-hydrogen) atoms. The number of allylic oxidation sites excluding steroid dienone is 4. The number of hydrogen-bond acceptors (Lipinski definition) is 14. The van der Waals surface area contributed by atoms with Crippen molar-refractivity contribution in [3.63, 3.8) is 0 Å². The van der Waals surface area contributed by atoms with Crippen molar-refractivity contribution in [1.29, 1.82) is 0 Å². The zero-order chi connectivity index (χ0) is 47.5. The summed E-state index contributed by atoms with van der Waals surface area (Å²) >= 11 is 2.26. The van der Waals surface area contributed by atoms with Gasteiger partial charge in [0.1, 0.15) is 29.0 Å². The van der Waals surface area contributed by atoms with Crippen molar-refractivity contribution in [1.82, 2.24) is 15.5 Å². The van der Waals surface area contributed by atoms with Crippen LogP contribution < -0.4 is 15.4 Å². The number of Topliss-reactive ketones (excluding diaryl/α,β-unsaturated/α-hetero) is 3. The van der Waals surface area contributed by atoms with Crippen LogP contribution in [0.4, 0.5) is 4.79 Å². The second-order valence-corrected chi connectivity index (χ2v) is 18.0. The van der Waals surface area contributed by atoms with Crippen LogP contribution >= 0.6 is 22.6 Å². The first-order valence-electron chi connectivity index (χ1n) is 21.6. The molecule has 5 bridgehead atoms. The van der Waals surface area contributed by atoms with Crippen LogP contribution in [0.2, 0.25) is 0 Å². The van der Waals surface area contributed by atoms with E-state index in [0.29, 0.717) is 0 Å². The first-order chi connectivity index (χ1) is 30.8. The Balaban J connectivity index is 1.41. The number of amides is 2. The van der Waals surface area contributed by atoms with Gasteiger partial charge in [0.15, 0.2) is 0 Å². The average molecular weight is 1010 g/mol. The standard InChI is InChI=1S/C48H58IN3O13/c1-24-11-9-12-25(2)46(59)51-36-37(52-16-19-62-20-17-52)42(57)33-34(41(36)56)40(55)29(6)44-35(33)45(58)48(7,65-44)63-18-15-32(61-8)26(3)43(28(5)39(54)27(4)38(24)53)64-47(60)50-23-31-14-10-13-30(21-31)22-49/h9-15,18,21,24,26-28,32,38-39,43,53-55H,16-17,19-20,22-23H2,1-8H3,(H,50,60)(H,51,59)/b11-9+,18-15+,25-12-/t24-,26+,27+,28+,32-,38-,39+,43+,48-/m0/s1. The molecule has 7 rings (SSSR count). The van der Waals surface area contributed by atoms with Crippen LogP contribution in [0.25, 0.3) is 0 Å². The van der Waals surface area contributed by atoms with Crippen LogP contribution in [0.5, 0.6) is 11.5 Å². The van der Waals surface area contributed by atoms with Crippen LogP contribution in [0, 0.1) is 30.6 Å². The minimum Gasteiger partial charge on any atom is -0.507 e. The van der Waals surface area contributed by atoms with Crippen molar-refractivity contribution in [2.45, 2.75) is 89.6 Å². The first kappa shape index (κ1) is 49.4. The molecule has 0 radical (unpaired) electrons. The van der Waals surface area contributed by atoms with Crippen LogP contribution in [-0.2, 0) is 34.7 Å². The Bertz CT molecular complexity index is 2340.